The van der Waals surface area contributed by atoms with Gasteiger partial charge in [0.1, 0.15) is 0 Å². The molecule has 0 bridgehead atoms. The van der Waals surface area contributed by atoms with E-state index in [0.717, 1.165) is 0 Å². The summed E-state index contributed by atoms with van der Waals surface area (Å²) in [6, 6.07) is 0. The third-order valence-electron chi connectivity index (χ3n) is 0.198. The van der Waals surface area contributed by atoms with E-state index >= 15 is 0 Å². The van der Waals surface area contributed by atoms with Crippen LogP contribution in [0.25, 0.3) is 0 Å². The fraction of sp³-hybridized carbons (Fsp3) is 1.00. The first-order valence-electron chi connectivity index (χ1n) is 1.22. The molecule has 5 heteroatoms. The van der Waals surface area contributed by atoms with Gasteiger partial charge in [-0.1, -0.05) is 0 Å². The Morgan fingerprint density at radius 3 is 1.29 bits per heavy atom. The van der Waals surface area contributed by atoms with Gasteiger partial charge in [0.25, 0.3) is 6.43 Å². The minimum atomic E-state index is -3.37. The molecule has 1 nitrogen and oxygen atoms in total. The molecule has 0 fully saturated rings. The number of hydrogen-bond donors (Lipinski definition) is 0. The Balaban J connectivity index is 0. The van der Waals surface area contributed by atoms with E-state index in [9.17, 15) is 13.2 Å². The molecule has 0 N–H and O–H groups in total. The summed E-state index contributed by atoms with van der Waals surface area (Å²) in [6.07, 6.45) is -6.60. The van der Waals surface area contributed by atoms with Gasteiger partial charge in [-0.2, -0.15) is 0 Å². The molecular weight excluding hydrogens is 120 g/mol. The first kappa shape index (κ1) is 10.7. The van der Waals surface area contributed by atoms with Crippen molar-refractivity contribution < 1.29 is 47.8 Å². The summed E-state index contributed by atoms with van der Waals surface area (Å²) in [6.45, 7) is 0. The van der Waals surface area contributed by atoms with E-state index in [1.54, 1.807) is 0 Å². The van der Waals surface area contributed by atoms with Gasteiger partial charge >= 0.3 is 29.6 Å². The van der Waals surface area contributed by atoms with Crippen LogP contribution in [0.2, 0.25) is 0 Å². The van der Waals surface area contributed by atoms with Gasteiger partial charge < -0.3 is 5.11 Å². The van der Waals surface area contributed by atoms with Crippen LogP contribution in [0.1, 0.15) is 0 Å². The van der Waals surface area contributed by atoms with Gasteiger partial charge in [-0.15, -0.1) is 0 Å². The molecule has 0 aliphatic rings. The smallest absolute Gasteiger partial charge is 0.823 e. The molecule has 7 heavy (non-hydrogen) atoms. The zero-order chi connectivity index (χ0) is 5.15. The van der Waals surface area contributed by atoms with Gasteiger partial charge in [-0.3, -0.25) is 4.39 Å². The van der Waals surface area contributed by atoms with Crippen LogP contribution < -0.4 is 34.7 Å². The summed E-state index contributed by atoms with van der Waals surface area (Å²) in [5, 5.41) is 8.81. The van der Waals surface area contributed by atoms with Crippen molar-refractivity contribution in [1.29, 1.82) is 0 Å². The van der Waals surface area contributed by atoms with Gasteiger partial charge in [0, 0.05) is 0 Å². The predicted molar refractivity (Wildman–Crippen MR) is 10.9 cm³/mol. The van der Waals surface area contributed by atoms with Crippen LogP contribution in [0.15, 0.2) is 0 Å². The van der Waals surface area contributed by atoms with Crippen molar-refractivity contribution in [3.05, 3.63) is 0 Å². The molecular formula is C2H2F3NaO. The number of hydrogen-bond acceptors (Lipinski definition) is 1. The van der Waals surface area contributed by atoms with Crippen LogP contribution in [0.4, 0.5) is 13.2 Å². The Hall–Kier alpha value is 0.750. The minimum absolute atomic E-state index is 0. The number of halogens is 3. The fourth-order valence-electron chi connectivity index (χ4n) is 0. The van der Waals surface area contributed by atoms with E-state index in [1.165, 1.54) is 0 Å². The molecule has 0 spiro atoms. The summed E-state index contributed by atoms with van der Waals surface area (Å²) >= 11 is 0. The molecule has 0 amide bonds. The Bertz CT molecular complexity index is 33.9. The average molecular weight is 122 g/mol. The maximum absolute atomic E-state index is 10.5. The second-order valence-corrected chi connectivity index (χ2v) is 0.686. The van der Waals surface area contributed by atoms with Crippen molar-refractivity contribution in [2.24, 2.45) is 0 Å². The van der Waals surface area contributed by atoms with Crippen LogP contribution in [0.3, 0.4) is 0 Å². The molecule has 38 valence electrons. The third-order valence-corrected chi connectivity index (χ3v) is 0.198. The maximum Gasteiger partial charge on any atom is 1.00 e. The monoisotopic (exact) mass is 122 g/mol. The van der Waals surface area contributed by atoms with Gasteiger partial charge in [0.2, 0.25) is 0 Å². The normalized spacial score (nSPS) is 13.3. The zero-order valence-corrected chi connectivity index (χ0v) is 5.70. The van der Waals surface area contributed by atoms with Crippen molar-refractivity contribution in [2.45, 2.75) is 12.8 Å². The third kappa shape index (κ3) is 6.75. The van der Waals surface area contributed by atoms with Crippen molar-refractivity contribution in [3.8, 4) is 0 Å². The van der Waals surface area contributed by atoms with Crippen LogP contribution >= 0.6 is 0 Å². The van der Waals surface area contributed by atoms with Crippen molar-refractivity contribution >= 4 is 0 Å². The molecule has 0 aromatic carbocycles. The Labute approximate surface area is 60.8 Å². The summed E-state index contributed by atoms with van der Waals surface area (Å²) in [7, 11) is 0. The molecule has 0 radical (unpaired) electrons. The van der Waals surface area contributed by atoms with E-state index in [2.05, 4.69) is 0 Å². The van der Waals surface area contributed by atoms with Crippen LogP contribution in [-0.4, -0.2) is 12.8 Å². The van der Waals surface area contributed by atoms with Gasteiger partial charge in [-0.05, 0) is 0 Å². The molecule has 0 aliphatic carbocycles. The van der Waals surface area contributed by atoms with E-state index in [0.29, 0.717) is 0 Å². The molecule has 0 aliphatic heterocycles. The first-order chi connectivity index (χ1) is 2.64. The summed E-state index contributed by atoms with van der Waals surface area (Å²) in [5.41, 5.74) is 0. The molecule has 0 aromatic heterocycles. The molecule has 0 rings (SSSR count). The SMILES string of the molecule is [Na+].[O-]C(F)C(F)F. The first-order valence-corrected chi connectivity index (χ1v) is 1.22. The van der Waals surface area contributed by atoms with E-state index in [1.807, 2.05) is 0 Å². The molecule has 1 unspecified atom stereocenters. The quantitative estimate of drug-likeness (QED) is 0.338. The largest absolute Gasteiger partial charge is 1.00 e. The molecule has 0 saturated carbocycles. The van der Waals surface area contributed by atoms with E-state index in [-0.39, 0.29) is 29.6 Å². The van der Waals surface area contributed by atoms with Crippen LogP contribution in [-0.2, 0) is 0 Å². The topological polar surface area (TPSA) is 23.1 Å². The summed E-state index contributed by atoms with van der Waals surface area (Å²) < 4.78 is 31.5. The number of alkyl halides is 3. The fourth-order valence-corrected chi connectivity index (χ4v) is 0. The molecule has 0 saturated heterocycles. The van der Waals surface area contributed by atoms with Crippen LogP contribution in [0, 0.1) is 0 Å². The van der Waals surface area contributed by atoms with Gasteiger partial charge in [-0.25, -0.2) is 8.78 Å². The van der Waals surface area contributed by atoms with Crippen molar-refractivity contribution in [1.82, 2.24) is 0 Å². The average Bonchev–Trinajstić information content (AvgIpc) is 1.36. The molecule has 0 aromatic rings. The Morgan fingerprint density at radius 2 is 1.29 bits per heavy atom. The Morgan fingerprint density at radius 1 is 1.14 bits per heavy atom. The minimum Gasteiger partial charge on any atom is -0.823 e. The van der Waals surface area contributed by atoms with Gasteiger partial charge in [0.05, 0.1) is 6.36 Å². The van der Waals surface area contributed by atoms with Gasteiger partial charge in [0.15, 0.2) is 0 Å². The summed E-state index contributed by atoms with van der Waals surface area (Å²) in [4.78, 5) is 0. The molecule has 0 heterocycles. The standard InChI is InChI=1S/C2H2F3O.Na/c3-1(4)2(5)6;/h1-2H;/q-1;+1. The zero-order valence-electron chi connectivity index (χ0n) is 3.70. The molecule has 1 atom stereocenters. The van der Waals surface area contributed by atoms with Crippen molar-refractivity contribution in [2.75, 3.05) is 0 Å². The maximum atomic E-state index is 10.5. The van der Waals surface area contributed by atoms with E-state index in [4.69, 9.17) is 5.11 Å². The predicted octanol–water partition coefficient (Wildman–Crippen LogP) is -3.09. The van der Waals surface area contributed by atoms with E-state index < -0.39 is 12.8 Å². The summed E-state index contributed by atoms with van der Waals surface area (Å²) in [5.74, 6) is 0. The second kappa shape index (κ2) is 4.90. The van der Waals surface area contributed by atoms with Crippen LogP contribution in [0.5, 0.6) is 0 Å². The number of rotatable bonds is 1. The second-order valence-electron chi connectivity index (χ2n) is 0.686. The Kier molecular flexibility index (Phi) is 7.47. The van der Waals surface area contributed by atoms with Crippen molar-refractivity contribution in [3.63, 3.8) is 0 Å².